The summed E-state index contributed by atoms with van der Waals surface area (Å²) < 4.78 is 17.7. The third-order valence-electron chi connectivity index (χ3n) is 6.70. The number of aliphatic hydroxyl groups is 1. The Morgan fingerprint density at radius 2 is 1.95 bits per heavy atom. The maximum atomic E-state index is 13.1. The minimum Gasteiger partial charge on any atom is -0.444 e. The molecule has 11 heteroatoms. The van der Waals surface area contributed by atoms with Gasteiger partial charge in [-0.05, 0) is 49.6 Å². The second-order valence-electron chi connectivity index (χ2n) is 11.2. The zero-order valence-corrected chi connectivity index (χ0v) is 23.5. The van der Waals surface area contributed by atoms with Gasteiger partial charge in [0, 0.05) is 13.5 Å². The molecule has 41 heavy (non-hydrogen) atoms. The zero-order valence-electron chi connectivity index (χ0n) is 23.5. The molecule has 4 rings (SSSR count). The van der Waals surface area contributed by atoms with Gasteiger partial charge in [0.15, 0.2) is 11.7 Å². The van der Waals surface area contributed by atoms with Gasteiger partial charge in [0.05, 0.1) is 31.3 Å². The second-order valence-corrected chi connectivity index (χ2v) is 11.2. The van der Waals surface area contributed by atoms with Crippen molar-refractivity contribution in [1.29, 1.82) is 5.26 Å². The Balaban J connectivity index is 1.43. The lowest BCUT2D eigenvalue weighted by Gasteiger charge is -2.30. The molecule has 1 unspecified atom stereocenters. The summed E-state index contributed by atoms with van der Waals surface area (Å²) in [6.45, 7) is 8.18. The first kappa shape index (κ1) is 29.6. The van der Waals surface area contributed by atoms with Crippen molar-refractivity contribution in [3.8, 4) is 17.2 Å². The highest BCUT2D eigenvalue weighted by molar-refractivity contribution is 5.83. The molecule has 0 saturated carbocycles. The normalized spacial score (nSPS) is 20.1. The quantitative estimate of drug-likeness (QED) is 0.436. The molecule has 1 fully saturated rings. The van der Waals surface area contributed by atoms with Crippen LogP contribution >= 0.6 is 0 Å². The van der Waals surface area contributed by atoms with Crippen LogP contribution in [0.2, 0.25) is 0 Å². The molecule has 0 bridgehead atoms. The number of nitrogens with zero attached hydrogens (tertiary/aromatic N) is 3. The molecule has 216 valence electrons. The van der Waals surface area contributed by atoms with E-state index in [9.17, 15) is 24.8 Å². The summed E-state index contributed by atoms with van der Waals surface area (Å²) in [5.74, 6) is -1.02. The Morgan fingerprint density at radius 1 is 1.27 bits per heavy atom. The fourth-order valence-corrected chi connectivity index (χ4v) is 4.45. The van der Waals surface area contributed by atoms with Gasteiger partial charge < -0.3 is 29.2 Å². The summed E-state index contributed by atoms with van der Waals surface area (Å²) in [7, 11) is 1.65. The van der Waals surface area contributed by atoms with Crippen molar-refractivity contribution < 1.29 is 28.6 Å². The van der Waals surface area contributed by atoms with Crippen molar-refractivity contribution in [3.63, 3.8) is 0 Å². The van der Waals surface area contributed by atoms with Crippen LogP contribution in [-0.2, 0) is 27.7 Å². The van der Waals surface area contributed by atoms with Crippen molar-refractivity contribution in [2.75, 3.05) is 19.7 Å². The van der Waals surface area contributed by atoms with E-state index in [1.165, 1.54) is 15.5 Å². The van der Waals surface area contributed by atoms with Gasteiger partial charge in [-0.2, -0.15) is 5.26 Å². The molecule has 3 aromatic rings. The third kappa shape index (κ3) is 7.03. The number of nitrogens with one attached hydrogen (secondary N) is 1. The van der Waals surface area contributed by atoms with Gasteiger partial charge in [-0.1, -0.05) is 36.4 Å². The number of amides is 2. The summed E-state index contributed by atoms with van der Waals surface area (Å²) in [4.78, 5) is 38.9. The van der Waals surface area contributed by atoms with Crippen LogP contribution in [0.25, 0.3) is 22.2 Å². The lowest BCUT2D eigenvalue weighted by Crippen LogP contribution is -2.49. The molecule has 2 amide bonds. The number of fused-ring (bicyclic) bond motifs is 1. The number of hydrogen-bond donors (Lipinski definition) is 2. The maximum absolute atomic E-state index is 13.1. The van der Waals surface area contributed by atoms with Crippen LogP contribution in [-0.4, -0.2) is 69.6 Å². The number of benzene rings is 2. The Hall–Kier alpha value is -4.40. The molecule has 2 heterocycles. The molecular weight excluding hydrogens is 528 g/mol. The van der Waals surface area contributed by atoms with Crippen molar-refractivity contribution in [3.05, 3.63) is 71.2 Å². The number of aryl methyl sites for hydroxylation is 1. The first-order valence-electron chi connectivity index (χ1n) is 13.2. The lowest BCUT2D eigenvalue weighted by atomic mass is 10.0. The minimum absolute atomic E-state index is 0.160. The fraction of sp³-hybridized carbons (Fsp3) is 0.400. The molecule has 1 aliphatic heterocycles. The van der Waals surface area contributed by atoms with Crippen molar-refractivity contribution in [2.45, 2.75) is 50.5 Å². The molecule has 1 saturated heterocycles. The van der Waals surface area contributed by atoms with Gasteiger partial charge in [0.2, 0.25) is 0 Å². The molecule has 2 aromatic carbocycles. The van der Waals surface area contributed by atoms with Crippen LogP contribution in [0.1, 0.15) is 26.3 Å². The maximum Gasteiger partial charge on any atom is 0.419 e. The zero-order chi connectivity index (χ0) is 29.9. The predicted molar refractivity (Wildman–Crippen MR) is 151 cm³/mol. The molecule has 0 radical (unpaired) electrons. The van der Waals surface area contributed by atoms with E-state index >= 15 is 0 Å². The first-order chi connectivity index (χ1) is 19.3. The number of aromatic nitrogens is 1. The van der Waals surface area contributed by atoms with E-state index in [4.69, 9.17) is 13.9 Å². The largest absolute Gasteiger partial charge is 0.444 e. The Labute approximate surface area is 237 Å². The Kier molecular flexibility index (Phi) is 8.37. The van der Waals surface area contributed by atoms with E-state index in [1.807, 2.05) is 36.4 Å². The van der Waals surface area contributed by atoms with Gasteiger partial charge in [0.1, 0.15) is 17.2 Å². The summed E-state index contributed by atoms with van der Waals surface area (Å²) in [6, 6.07) is 14.2. The molecular formula is C30H34N4O7. The van der Waals surface area contributed by atoms with E-state index in [0.29, 0.717) is 11.1 Å². The van der Waals surface area contributed by atoms with Crippen LogP contribution in [0.4, 0.5) is 4.79 Å². The third-order valence-corrected chi connectivity index (χ3v) is 6.70. The monoisotopic (exact) mass is 562 g/mol. The summed E-state index contributed by atoms with van der Waals surface area (Å²) in [5, 5.41) is 23.2. The molecule has 2 N–H and O–H groups in total. The van der Waals surface area contributed by atoms with Gasteiger partial charge in [0.25, 0.3) is 5.91 Å². The number of ether oxygens (including phenoxy) is 2. The van der Waals surface area contributed by atoms with Gasteiger partial charge in [-0.15, -0.1) is 6.58 Å². The van der Waals surface area contributed by atoms with Crippen LogP contribution < -0.4 is 11.1 Å². The first-order valence-corrected chi connectivity index (χ1v) is 13.2. The Morgan fingerprint density at radius 3 is 2.59 bits per heavy atom. The number of nitriles is 1. The van der Waals surface area contributed by atoms with Crippen LogP contribution in [0.3, 0.4) is 0 Å². The average molecular weight is 563 g/mol. The number of carbonyl (C=O) groups is 2. The van der Waals surface area contributed by atoms with Gasteiger partial charge in [-0.25, -0.2) is 9.59 Å². The number of β-amino-alcohol motifs (C(OH)–C–C–N with tert-alkyl or cyclic N) is 1. The molecule has 0 spiro atoms. The average Bonchev–Trinajstić information content (AvgIpc) is 3.09. The van der Waals surface area contributed by atoms with E-state index in [-0.39, 0.29) is 26.1 Å². The van der Waals surface area contributed by atoms with E-state index in [2.05, 4.69) is 18.0 Å². The number of rotatable bonds is 6. The number of hydrogen-bond acceptors (Lipinski definition) is 8. The second kappa shape index (κ2) is 11.6. The van der Waals surface area contributed by atoms with Crippen LogP contribution in [0.15, 0.2) is 64.3 Å². The number of oxazole rings is 1. The van der Waals surface area contributed by atoms with Crippen molar-refractivity contribution >= 4 is 23.1 Å². The molecule has 1 aliphatic rings. The Bertz CT molecular complexity index is 1540. The summed E-state index contributed by atoms with van der Waals surface area (Å²) in [5.41, 5.74) is 1.46. The molecule has 1 aromatic heterocycles. The van der Waals surface area contributed by atoms with Crippen LogP contribution in [0.5, 0.6) is 0 Å². The highest BCUT2D eigenvalue weighted by atomic mass is 16.6. The fourth-order valence-electron chi connectivity index (χ4n) is 4.45. The number of carbonyl (C=O) groups excluding carboxylic acids is 2. The van der Waals surface area contributed by atoms with Crippen molar-refractivity contribution in [1.82, 2.24) is 14.8 Å². The summed E-state index contributed by atoms with van der Waals surface area (Å²) >= 11 is 0. The molecule has 3 atom stereocenters. The highest BCUT2D eigenvalue weighted by Gasteiger charge is 2.39. The topological polar surface area (TPSA) is 147 Å². The van der Waals surface area contributed by atoms with Gasteiger partial charge >= 0.3 is 11.8 Å². The lowest BCUT2D eigenvalue weighted by molar-refractivity contribution is -0.134. The minimum atomic E-state index is -1.57. The molecule has 0 aliphatic carbocycles. The predicted octanol–water partition coefficient (Wildman–Crippen LogP) is 2.90. The smallest absolute Gasteiger partial charge is 0.419 e. The van der Waals surface area contributed by atoms with Crippen molar-refractivity contribution in [2.24, 2.45) is 7.05 Å². The van der Waals surface area contributed by atoms with E-state index in [1.54, 1.807) is 33.9 Å². The standard InChI is InChI=1S/C30H34N4O7/c1-6-30(38)17-34(28(37)41-29(2,3)4)16-25(39-18-30)26(35)32-22(15-31)13-19-7-9-20(10-8-19)21-11-12-24-23(14-21)33(5)27(36)40-24/h6-12,14,22,25,38H,1,13,16-18H2,2-5H3,(H,32,35)/t22-,25-,30?/m0/s1. The van der Waals surface area contributed by atoms with Gasteiger partial charge in [-0.3, -0.25) is 9.36 Å². The molecule has 11 nitrogen and oxygen atoms in total. The highest BCUT2D eigenvalue weighted by Crippen LogP contribution is 2.25. The van der Waals surface area contributed by atoms with E-state index in [0.717, 1.165) is 16.7 Å². The summed E-state index contributed by atoms with van der Waals surface area (Å²) in [6.07, 6.45) is -0.340. The SMILES string of the molecule is C=CC1(O)CO[C@H](C(=O)N[C@H](C#N)Cc2ccc(-c3ccc4oc(=O)n(C)c4c3)cc2)CN(C(=O)OC(C)(C)C)C1. The van der Waals surface area contributed by atoms with Crippen LogP contribution in [0, 0.1) is 11.3 Å². The van der Waals surface area contributed by atoms with E-state index < -0.39 is 41.1 Å².